The van der Waals surface area contributed by atoms with Gasteiger partial charge in [0.2, 0.25) is 0 Å². The summed E-state index contributed by atoms with van der Waals surface area (Å²) in [7, 11) is 1.65. The molecular formula is C12H17O2. The molecule has 1 rings (SSSR count). The minimum Gasteiger partial charge on any atom is -0.493 e. The van der Waals surface area contributed by atoms with Crippen LogP contribution in [0.3, 0.4) is 0 Å². The first-order valence-corrected chi connectivity index (χ1v) is 4.90. The molecule has 2 heteroatoms. The Morgan fingerprint density at radius 3 is 2.64 bits per heavy atom. The summed E-state index contributed by atoms with van der Waals surface area (Å²) >= 11 is 0. The molecule has 14 heavy (non-hydrogen) atoms. The molecule has 0 bridgehead atoms. The number of rotatable bonds is 5. The SMILES string of the molecule is [CH2]COc1ccc(CCC)cc1OC. The second kappa shape index (κ2) is 5.53. The van der Waals surface area contributed by atoms with E-state index in [1.807, 2.05) is 12.1 Å². The Morgan fingerprint density at radius 1 is 1.29 bits per heavy atom. The van der Waals surface area contributed by atoms with E-state index in [0.717, 1.165) is 24.3 Å². The van der Waals surface area contributed by atoms with E-state index in [4.69, 9.17) is 9.47 Å². The summed E-state index contributed by atoms with van der Waals surface area (Å²) in [6.45, 7) is 6.22. The van der Waals surface area contributed by atoms with Gasteiger partial charge in [-0.1, -0.05) is 19.4 Å². The largest absolute Gasteiger partial charge is 0.493 e. The van der Waals surface area contributed by atoms with Crippen molar-refractivity contribution in [3.8, 4) is 11.5 Å². The van der Waals surface area contributed by atoms with E-state index in [-0.39, 0.29) is 0 Å². The smallest absolute Gasteiger partial charge is 0.161 e. The normalized spacial score (nSPS) is 9.93. The molecule has 0 spiro atoms. The summed E-state index contributed by atoms with van der Waals surface area (Å²) in [6.07, 6.45) is 2.21. The summed E-state index contributed by atoms with van der Waals surface area (Å²) in [5, 5.41) is 0. The maximum absolute atomic E-state index is 5.32. The first-order chi connectivity index (χ1) is 6.81. The molecule has 0 heterocycles. The van der Waals surface area contributed by atoms with Crippen LogP contribution in [0.25, 0.3) is 0 Å². The highest BCUT2D eigenvalue weighted by atomic mass is 16.5. The molecule has 1 aromatic carbocycles. The third kappa shape index (κ3) is 2.66. The molecular weight excluding hydrogens is 176 g/mol. The maximum atomic E-state index is 5.32. The Hall–Kier alpha value is -1.18. The van der Waals surface area contributed by atoms with Crippen molar-refractivity contribution >= 4 is 0 Å². The van der Waals surface area contributed by atoms with Crippen LogP contribution in [0, 0.1) is 6.92 Å². The molecule has 0 aliphatic rings. The van der Waals surface area contributed by atoms with Gasteiger partial charge in [0.25, 0.3) is 0 Å². The second-order valence-corrected chi connectivity index (χ2v) is 3.08. The van der Waals surface area contributed by atoms with E-state index in [9.17, 15) is 0 Å². The average Bonchev–Trinajstić information content (AvgIpc) is 2.21. The van der Waals surface area contributed by atoms with Crippen LogP contribution in [0.5, 0.6) is 11.5 Å². The quantitative estimate of drug-likeness (QED) is 0.716. The summed E-state index contributed by atoms with van der Waals surface area (Å²) < 4.78 is 10.6. The standard InChI is InChI=1S/C12H17O2/c1-4-6-10-7-8-11(14-5-2)12(9-10)13-3/h7-9H,2,4-6H2,1,3H3. The van der Waals surface area contributed by atoms with Crippen molar-refractivity contribution in [2.24, 2.45) is 0 Å². The lowest BCUT2D eigenvalue weighted by atomic mass is 10.1. The Balaban J connectivity index is 2.87. The fourth-order valence-corrected chi connectivity index (χ4v) is 1.39. The molecule has 0 aromatic heterocycles. The second-order valence-electron chi connectivity index (χ2n) is 3.08. The van der Waals surface area contributed by atoms with Crippen molar-refractivity contribution in [1.82, 2.24) is 0 Å². The van der Waals surface area contributed by atoms with E-state index in [1.54, 1.807) is 7.11 Å². The molecule has 0 saturated heterocycles. The van der Waals surface area contributed by atoms with Gasteiger partial charge in [0.1, 0.15) is 0 Å². The van der Waals surface area contributed by atoms with Gasteiger partial charge in [-0.15, -0.1) is 0 Å². The highest BCUT2D eigenvalue weighted by molar-refractivity contribution is 5.43. The first kappa shape index (κ1) is 10.9. The molecule has 0 amide bonds. The number of ether oxygens (including phenoxy) is 2. The topological polar surface area (TPSA) is 18.5 Å². The van der Waals surface area contributed by atoms with Gasteiger partial charge >= 0.3 is 0 Å². The number of methoxy groups -OCH3 is 1. The monoisotopic (exact) mass is 193 g/mol. The van der Waals surface area contributed by atoms with Crippen LogP contribution >= 0.6 is 0 Å². The van der Waals surface area contributed by atoms with Gasteiger partial charge in [0.15, 0.2) is 11.5 Å². The Bertz CT molecular complexity index is 282. The maximum Gasteiger partial charge on any atom is 0.161 e. The molecule has 0 aliphatic heterocycles. The van der Waals surface area contributed by atoms with Gasteiger partial charge in [-0.3, -0.25) is 0 Å². The Labute approximate surface area is 85.8 Å². The van der Waals surface area contributed by atoms with Crippen molar-refractivity contribution in [2.75, 3.05) is 13.7 Å². The lowest BCUT2D eigenvalue weighted by molar-refractivity contribution is 0.325. The van der Waals surface area contributed by atoms with Crippen LogP contribution in [-0.2, 0) is 6.42 Å². The molecule has 0 saturated carbocycles. The van der Waals surface area contributed by atoms with Crippen molar-refractivity contribution in [2.45, 2.75) is 19.8 Å². The summed E-state index contributed by atoms with van der Waals surface area (Å²) in [4.78, 5) is 0. The number of aryl methyl sites for hydroxylation is 1. The third-order valence-corrected chi connectivity index (χ3v) is 2.02. The van der Waals surface area contributed by atoms with Gasteiger partial charge in [-0.05, 0) is 31.0 Å². The van der Waals surface area contributed by atoms with Crippen LogP contribution in [0.15, 0.2) is 18.2 Å². The molecule has 0 atom stereocenters. The molecule has 0 aliphatic carbocycles. The van der Waals surface area contributed by atoms with E-state index >= 15 is 0 Å². The van der Waals surface area contributed by atoms with Crippen molar-refractivity contribution < 1.29 is 9.47 Å². The van der Waals surface area contributed by atoms with Crippen LogP contribution in [-0.4, -0.2) is 13.7 Å². The van der Waals surface area contributed by atoms with Gasteiger partial charge in [0, 0.05) is 0 Å². The molecule has 0 N–H and O–H groups in total. The van der Waals surface area contributed by atoms with Crippen LogP contribution in [0.2, 0.25) is 0 Å². The molecule has 77 valence electrons. The highest BCUT2D eigenvalue weighted by Crippen LogP contribution is 2.28. The van der Waals surface area contributed by atoms with Crippen molar-refractivity contribution in [3.05, 3.63) is 30.7 Å². The lowest BCUT2D eigenvalue weighted by Gasteiger charge is -2.10. The van der Waals surface area contributed by atoms with E-state index in [0.29, 0.717) is 6.61 Å². The number of hydrogen-bond donors (Lipinski definition) is 0. The number of benzene rings is 1. The highest BCUT2D eigenvalue weighted by Gasteiger charge is 2.04. The minimum atomic E-state index is 0.420. The van der Waals surface area contributed by atoms with E-state index < -0.39 is 0 Å². The zero-order chi connectivity index (χ0) is 10.4. The van der Waals surface area contributed by atoms with Gasteiger partial charge in [0.05, 0.1) is 13.7 Å². The molecule has 1 radical (unpaired) electrons. The summed E-state index contributed by atoms with van der Waals surface area (Å²) in [5.74, 6) is 1.56. The fourth-order valence-electron chi connectivity index (χ4n) is 1.39. The number of hydrogen-bond acceptors (Lipinski definition) is 2. The van der Waals surface area contributed by atoms with Gasteiger partial charge < -0.3 is 9.47 Å². The Kier molecular flexibility index (Phi) is 4.30. The zero-order valence-electron chi connectivity index (χ0n) is 8.88. The average molecular weight is 193 g/mol. The summed E-state index contributed by atoms with van der Waals surface area (Å²) in [6, 6.07) is 6.03. The van der Waals surface area contributed by atoms with Gasteiger partial charge in [-0.2, -0.15) is 0 Å². The fraction of sp³-hybridized carbons (Fsp3) is 0.417. The molecule has 1 aromatic rings. The van der Waals surface area contributed by atoms with Crippen LogP contribution in [0.4, 0.5) is 0 Å². The predicted molar refractivity (Wildman–Crippen MR) is 57.8 cm³/mol. The van der Waals surface area contributed by atoms with E-state index in [2.05, 4.69) is 19.9 Å². The third-order valence-electron chi connectivity index (χ3n) is 2.02. The van der Waals surface area contributed by atoms with Gasteiger partial charge in [-0.25, -0.2) is 0 Å². The molecule has 2 nitrogen and oxygen atoms in total. The predicted octanol–water partition coefficient (Wildman–Crippen LogP) is 2.86. The minimum absolute atomic E-state index is 0.420. The molecule has 0 fully saturated rings. The summed E-state index contributed by atoms with van der Waals surface area (Å²) in [5.41, 5.74) is 1.28. The zero-order valence-corrected chi connectivity index (χ0v) is 8.88. The lowest BCUT2D eigenvalue weighted by Crippen LogP contribution is -1.96. The van der Waals surface area contributed by atoms with Crippen LogP contribution < -0.4 is 9.47 Å². The first-order valence-electron chi connectivity index (χ1n) is 4.90. The Morgan fingerprint density at radius 2 is 2.07 bits per heavy atom. The van der Waals surface area contributed by atoms with Crippen LogP contribution in [0.1, 0.15) is 18.9 Å². The van der Waals surface area contributed by atoms with Crippen molar-refractivity contribution in [1.29, 1.82) is 0 Å². The van der Waals surface area contributed by atoms with Crippen molar-refractivity contribution in [3.63, 3.8) is 0 Å². The van der Waals surface area contributed by atoms with E-state index in [1.165, 1.54) is 5.56 Å². The molecule has 0 unspecified atom stereocenters.